The fraction of sp³-hybridized carbons (Fsp3) is 0.929. The van der Waals surface area contributed by atoms with Crippen molar-refractivity contribution < 1.29 is 30.9 Å². The summed E-state index contributed by atoms with van der Waals surface area (Å²) in [6, 6.07) is 0. The number of carbonyl (C=O) groups excluding carboxylic acids is 1. The molecule has 0 amide bonds. The van der Waals surface area contributed by atoms with Gasteiger partial charge in [0, 0.05) is 6.42 Å². The monoisotopic (exact) mass is 378 g/mol. The van der Waals surface area contributed by atoms with Crippen LogP contribution in [0.15, 0.2) is 0 Å². The molecule has 0 heterocycles. The lowest BCUT2D eigenvalue weighted by Gasteiger charge is -2.20. The lowest BCUT2D eigenvalue weighted by molar-refractivity contribution is -0.116. The fourth-order valence-electron chi connectivity index (χ4n) is 2.29. The molecule has 4 nitrogen and oxygen atoms in total. The minimum Gasteiger partial charge on any atom is -0.741 e. The fourth-order valence-corrected chi connectivity index (χ4v) is 4.31. The second-order valence-corrected chi connectivity index (χ2v) is 9.35. The number of rotatable bonds is 6. The number of hydrogen-bond acceptors (Lipinski definition) is 4. The standard InChI is InChI=1S/C13H25OS.CHF3O3S/c1-3-4-8-12(14)11-15(2)13-9-6-5-7-10-13;2-1(3,4)8(5,6)7/h13H,3-11H2,1-2H3;(H,5,6,7)/q+1;/p-1. The molecule has 0 N–H and O–H groups in total. The van der Waals surface area contributed by atoms with Gasteiger partial charge in [-0.05, 0) is 43.0 Å². The Hall–Kier alpha value is -0.280. The Morgan fingerprint density at radius 1 is 1.22 bits per heavy atom. The number of Topliss-reactive ketones (excluding diaryl/α,β-unsaturated/α-hetero) is 1. The van der Waals surface area contributed by atoms with Crippen molar-refractivity contribution in [2.24, 2.45) is 0 Å². The lowest BCUT2D eigenvalue weighted by atomic mass is 10.0. The summed E-state index contributed by atoms with van der Waals surface area (Å²) in [5, 5.41) is 0.865. The number of hydrogen-bond donors (Lipinski definition) is 0. The van der Waals surface area contributed by atoms with Crippen molar-refractivity contribution in [1.82, 2.24) is 0 Å². The van der Waals surface area contributed by atoms with Crippen molar-refractivity contribution >= 4 is 26.8 Å². The molecule has 1 saturated carbocycles. The summed E-state index contributed by atoms with van der Waals surface area (Å²) in [5.74, 6) is 1.37. The summed E-state index contributed by atoms with van der Waals surface area (Å²) < 4.78 is 58.9. The van der Waals surface area contributed by atoms with Crippen molar-refractivity contribution in [3.05, 3.63) is 0 Å². The summed E-state index contributed by atoms with van der Waals surface area (Å²) in [6.45, 7) is 2.15. The second-order valence-electron chi connectivity index (χ2n) is 5.64. The van der Waals surface area contributed by atoms with Gasteiger partial charge in [0.15, 0.2) is 21.7 Å². The van der Waals surface area contributed by atoms with Crippen LogP contribution in [-0.4, -0.2) is 41.5 Å². The molecule has 1 fully saturated rings. The van der Waals surface area contributed by atoms with Gasteiger partial charge in [-0.1, -0.05) is 19.8 Å². The second kappa shape index (κ2) is 10.6. The highest BCUT2D eigenvalue weighted by atomic mass is 32.2. The molecule has 0 aromatic heterocycles. The summed E-state index contributed by atoms with van der Waals surface area (Å²) in [7, 11) is -5.73. The molecular weight excluding hydrogens is 353 g/mol. The van der Waals surface area contributed by atoms with Crippen molar-refractivity contribution in [3.63, 3.8) is 0 Å². The molecule has 1 unspecified atom stereocenters. The van der Waals surface area contributed by atoms with Crippen LogP contribution in [0.5, 0.6) is 0 Å². The molecule has 1 aliphatic carbocycles. The van der Waals surface area contributed by atoms with E-state index in [9.17, 15) is 18.0 Å². The Labute approximate surface area is 139 Å². The number of carbonyl (C=O) groups is 1. The van der Waals surface area contributed by atoms with Gasteiger partial charge in [0.2, 0.25) is 0 Å². The van der Waals surface area contributed by atoms with Crippen LogP contribution in [-0.2, 0) is 25.8 Å². The van der Waals surface area contributed by atoms with Crippen LogP contribution in [0.1, 0.15) is 58.3 Å². The van der Waals surface area contributed by atoms with Gasteiger partial charge in [-0.2, -0.15) is 13.2 Å². The van der Waals surface area contributed by atoms with E-state index in [-0.39, 0.29) is 0 Å². The van der Waals surface area contributed by atoms with Crippen molar-refractivity contribution in [2.75, 3.05) is 12.0 Å². The van der Waals surface area contributed by atoms with Crippen LogP contribution in [0.4, 0.5) is 13.2 Å². The third-order valence-corrected chi connectivity index (χ3v) is 6.56. The number of ketones is 1. The van der Waals surface area contributed by atoms with E-state index in [1.54, 1.807) is 0 Å². The van der Waals surface area contributed by atoms with Crippen LogP contribution in [0, 0.1) is 0 Å². The molecular formula is C14H25F3O4S2. The maximum absolute atomic E-state index is 11.7. The molecule has 0 aliphatic heterocycles. The van der Waals surface area contributed by atoms with E-state index in [2.05, 4.69) is 13.2 Å². The molecule has 0 saturated heterocycles. The smallest absolute Gasteiger partial charge is 0.485 e. The van der Waals surface area contributed by atoms with Crippen LogP contribution in [0.3, 0.4) is 0 Å². The zero-order chi connectivity index (χ0) is 18.1. The first kappa shape index (κ1) is 22.7. The molecule has 1 atom stereocenters. The van der Waals surface area contributed by atoms with Gasteiger partial charge in [0.05, 0.1) is 6.26 Å². The van der Waals surface area contributed by atoms with Gasteiger partial charge in [-0.3, -0.25) is 4.79 Å². The number of halogens is 3. The highest BCUT2D eigenvalue weighted by Gasteiger charge is 2.37. The quantitative estimate of drug-likeness (QED) is 0.403. The van der Waals surface area contributed by atoms with Crippen LogP contribution >= 0.6 is 0 Å². The minimum atomic E-state index is -6.09. The number of unbranched alkanes of at least 4 members (excludes halogenated alkanes) is 1. The Bertz CT molecular complexity index is 443. The summed E-state index contributed by atoms with van der Waals surface area (Å²) in [6.07, 6.45) is 12.3. The van der Waals surface area contributed by atoms with Crippen LogP contribution in [0.2, 0.25) is 0 Å². The Balaban J connectivity index is 0.000000515. The zero-order valence-electron chi connectivity index (χ0n) is 13.5. The third-order valence-electron chi connectivity index (χ3n) is 3.60. The van der Waals surface area contributed by atoms with Crippen molar-refractivity contribution in [3.8, 4) is 0 Å². The lowest BCUT2D eigenvalue weighted by Crippen LogP contribution is -2.29. The van der Waals surface area contributed by atoms with E-state index in [1.807, 2.05) is 0 Å². The van der Waals surface area contributed by atoms with E-state index in [1.165, 1.54) is 32.1 Å². The van der Waals surface area contributed by atoms with Crippen molar-refractivity contribution in [2.45, 2.75) is 69.0 Å². The first-order valence-corrected chi connectivity index (χ1v) is 10.9. The van der Waals surface area contributed by atoms with E-state index < -0.39 is 15.6 Å². The molecule has 23 heavy (non-hydrogen) atoms. The third kappa shape index (κ3) is 10.2. The van der Waals surface area contributed by atoms with Crippen LogP contribution in [0.25, 0.3) is 0 Å². The highest BCUT2D eigenvalue weighted by Crippen LogP contribution is 2.24. The summed E-state index contributed by atoms with van der Waals surface area (Å²) in [4.78, 5) is 11.7. The number of alkyl halides is 3. The zero-order valence-corrected chi connectivity index (χ0v) is 15.2. The van der Waals surface area contributed by atoms with Crippen LogP contribution < -0.4 is 0 Å². The molecule has 0 spiro atoms. The van der Waals surface area contributed by atoms with Gasteiger partial charge >= 0.3 is 5.51 Å². The average Bonchev–Trinajstić information content (AvgIpc) is 2.44. The van der Waals surface area contributed by atoms with Gasteiger partial charge in [0.25, 0.3) is 0 Å². The predicted molar refractivity (Wildman–Crippen MR) is 85.3 cm³/mol. The van der Waals surface area contributed by atoms with Gasteiger partial charge < -0.3 is 4.55 Å². The first-order chi connectivity index (χ1) is 10.5. The molecule has 1 aliphatic rings. The Morgan fingerprint density at radius 2 is 1.70 bits per heavy atom. The molecule has 0 aromatic rings. The molecule has 1 rings (SSSR count). The topological polar surface area (TPSA) is 74.3 Å². The SMILES string of the molecule is CCCCC(=O)C[S+](C)C1CCCCC1.O=S(=O)([O-])C(F)(F)F. The molecule has 138 valence electrons. The maximum atomic E-state index is 11.7. The molecule has 0 bridgehead atoms. The average molecular weight is 378 g/mol. The first-order valence-electron chi connectivity index (χ1n) is 7.64. The van der Waals surface area contributed by atoms with E-state index in [0.29, 0.717) is 16.7 Å². The van der Waals surface area contributed by atoms with Gasteiger partial charge in [-0.15, -0.1) is 0 Å². The van der Waals surface area contributed by atoms with E-state index in [0.717, 1.165) is 30.3 Å². The van der Waals surface area contributed by atoms with Gasteiger partial charge in [-0.25, -0.2) is 8.42 Å². The largest absolute Gasteiger partial charge is 0.741 e. The van der Waals surface area contributed by atoms with Gasteiger partial charge in [0.1, 0.15) is 5.25 Å². The Morgan fingerprint density at radius 3 is 2.09 bits per heavy atom. The predicted octanol–water partition coefficient (Wildman–Crippen LogP) is 3.38. The molecule has 0 aromatic carbocycles. The van der Waals surface area contributed by atoms with E-state index >= 15 is 0 Å². The minimum absolute atomic E-state index is 0.360. The summed E-state index contributed by atoms with van der Waals surface area (Å²) in [5.41, 5.74) is -5.65. The maximum Gasteiger partial charge on any atom is 0.485 e. The highest BCUT2D eigenvalue weighted by molar-refractivity contribution is 7.97. The molecule has 0 radical (unpaired) electrons. The Kier molecular flexibility index (Phi) is 10.4. The molecule has 9 heteroatoms. The van der Waals surface area contributed by atoms with E-state index in [4.69, 9.17) is 13.0 Å². The normalized spacial score (nSPS) is 18.0. The van der Waals surface area contributed by atoms with Crippen molar-refractivity contribution in [1.29, 1.82) is 0 Å². The summed E-state index contributed by atoms with van der Waals surface area (Å²) >= 11 is 0.